The van der Waals surface area contributed by atoms with Gasteiger partial charge in [-0.05, 0) is 84.7 Å². The Hall–Kier alpha value is -3.48. The summed E-state index contributed by atoms with van der Waals surface area (Å²) >= 11 is 0. The largest absolute Gasteiger partial charge is 0.497 e. The van der Waals surface area contributed by atoms with Gasteiger partial charge in [-0.15, -0.1) is 0 Å². The number of furan rings is 1. The van der Waals surface area contributed by atoms with Crippen LogP contribution in [0.25, 0.3) is 11.3 Å². The predicted octanol–water partition coefficient (Wildman–Crippen LogP) is 7.55. The second-order valence-corrected chi connectivity index (χ2v) is 11.6. The van der Waals surface area contributed by atoms with Gasteiger partial charge < -0.3 is 23.4 Å². The number of esters is 1. The summed E-state index contributed by atoms with van der Waals surface area (Å²) in [6.07, 6.45) is 6.33. The van der Waals surface area contributed by atoms with Crippen molar-refractivity contribution < 1.29 is 32.5 Å². The second-order valence-electron chi connectivity index (χ2n) is 11.6. The number of carbonyl (C=O) groups is 1. The van der Waals surface area contributed by atoms with Crippen molar-refractivity contribution in [3.8, 4) is 28.6 Å². The molecule has 2 saturated carbocycles. The molecular formula is C32H37FO6. The minimum atomic E-state index is -0.420. The number of methoxy groups -OCH3 is 2. The van der Waals surface area contributed by atoms with E-state index in [0.29, 0.717) is 58.9 Å². The zero-order chi connectivity index (χ0) is 27.6. The molecule has 0 amide bonds. The van der Waals surface area contributed by atoms with Crippen LogP contribution < -0.4 is 14.2 Å². The van der Waals surface area contributed by atoms with Crippen LogP contribution in [0.3, 0.4) is 0 Å². The van der Waals surface area contributed by atoms with Gasteiger partial charge in [0.25, 0.3) is 0 Å². The van der Waals surface area contributed by atoms with Crippen LogP contribution in [0.4, 0.5) is 4.39 Å². The van der Waals surface area contributed by atoms with E-state index in [0.717, 1.165) is 31.2 Å². The predicted molar refractivity (Wildman–Crippen MR) is 146 cm³/mol. The fourth-order valence-corrected chi connectivity index (χ4v) is 5.77. The minimum Gasteiger partial charge on any atom is -0.497 e. The first kappa shape index (κ1) is 27.1. The van der Waals surface area contributed by atoms with Crippen molar-refractivity contribution in [2.75, 3.05) is 20.8 Å². The quantitative estimate of drug-likeness (QED) is 0.223. The summed E-state index contributed by atoms with van der Waals surface area (Å²) < 4.78 is 43.5. The van der Waals surface area contributed by atoms with Gasteiger partial charge in [0.2, 0.25) is 0 Å². The molecule has 2 fully saturated rings. The molecule has 0 bridgehead atoms. The van der Waals surface area contributed by atoms with Gasteiger partial charge in [-0.3, -0.25) is 4.79 Å². The van der Waals surface area contributed by atoms with Gasteiger partial charge in [-0.25, -0.2) is 4.39 Å². The van der Waals surface area contributed by atoms with E-state index in [9.17, 15) is 9.18 Å². The Balaban J connectivity index is 1.36. The standard InChI is InChI=1S/C32H37FO6/c1-32(2)15-20(16-32)17-38-30-23(19-39-31(30)27-13-24(35-3)10-11-28(27)33)18-37-25-7-5-6-22(12-25)26(21-8-9-21)14-29(34)36-4/h5-7,10-13,19-21,26H,8-9,14-18H2,1-4H3. The lowest BCUT2D eigenvalue weighted by Gasteiger charge is -2.42. The molecule has 7 heteroatoms. The Labute approximate surface area is 229 Å². The van der Waals surface area contributed by atoms with Crippen molar-refractivity contribution in [3.63, 3.8) is 0 Å². The molecule has 6 nitrogen and oxygen atoms in total. The van der Waals surface area contributed by atoms with Crippen LogP contribution in [0.1, 0.15) is 63.0 Å². The number of hydrogen-bond acceptors (Lipinski definition) is 6. The molecule has 0 saturated heterocycles. The highest BCUT2D eigenvalue weighted by molar-refractivity contribution is 5.70. The maximum Gasteiger partial charge on any atom is 0.306 e. The Bertz CT molecular complexity index is 1300. The lowest BCUT2D eigenvalue weighted by molar-refractivity contribution is -0.141. The Morgan fingerprint density at radius 2 is 1.87 bits per heavy atom. The van der Waals surface area contributed by atoms with Gasteiger partial charge in [-0.1, -0.05) is 26.0 Å². The lowest BCUT2D eigenvalue weighted by Crippen LogP contribution is -2.35. The van der Waals surface area contributed by atoms with Crippen molar-refractivity contribution in [1.82, 2.24) is 0 Å². The zero-order valence-corrected chi connectivity index (χ0v) is 23.1. The lowest BCUT2D eigenvalue weighted by atomic mass is 9.65. The van der Waals surface area contributed by atoms with E-state index in [-0.39, 0.29) is 24.1 Å². The van der Waals surface area contributed by atoms with Crippen molar-refractivity contribution in [1.29, 1.82) is 0 Å². The molecule has 208 valence electrons. The fraction of sp³-hybridized carbons (Fsp3) is 0.469. The average Bonchev–Trinajstić information content (AvgIpc) is 3.68. The van der Waals surface area contributed by atoms with Crippen LogP contribution in [0.2, 0.25) is 0 Å². The van der Waals surface area contributed by atoms with Crippen LogP contribution in [0.15, 0.2) is 53.1 Å². The van der Waals surface area contributed by atoms with Gasteiger partial charge in [0.1, 0.15) is 30.2 Å². The molecule has 2 aromatic carbocycles. The summed E-state index contributed by atoms with van der Waals surface area (Å²) in [5.74, 6) is 2.45. The highest BCUT2D eigenvalue weighted by Crippen LogP contribution is 2.47. The monoisotopic (exact) mass is 536 g/mol. The normalized spacial score (nSPS) is 17.3. The Morgan fingerprint density at radius 1 is 1.08 bits per heavy atom. The molecule has 3 aromatic rings. The number of halogens is 1. The van der Waals surface area contributed by atoms with E-state index in [1.165, 1.54) is 13.2 Å². The molecule has 1 aromatic heterocycles. The molecule has 0 spiro atoms. The van der Waals surface area contributed by atoms with E-state index < -0.39 is 5.82 Å². The smallest absolute Gasteiger partial charge is 0.306 e. The molecule has 1 unspecified atom stereocenters. The maximum atomic E-state index is 14.9. The van der Waals surface area contributed by atoms with E-state index >= 15 is 0 Å². The SMILES string of the molecule is COC(=O)CC(c1cccc(OCc2coc(-c3cc(OC)ccc3F)c2OCC2CC(C)(C)C2)c1)C1CC1. The third-order valence-electron chi connectivity index (χ3n) is 7.87. The van der Waals surface area contributed by atoms with Crippen LogP contribution in [-0.4, -0.2) is 26.8 Å². The first-order valence-electron chi connectivity index (χ1n) is 13.6. The van der Waals surface area contributed by atoms with Gasteiger partial charge in [0.05, 0.1) is 38.4 Å². The van der Waals surface area contributed by atoms with Gasteiger partial charge >= 0.3 is 5.97 Å². The molecule has 0 N–H and O–H groups in total. The summed E-state index contributed by atoms with van der Waals surface area (Å²) in [6.45, 7) is 5.23. The maximum absolute atomic E-state index is 14.9. The number of carbonyl (C=O) groups excluding carboxylic acids is 1. The molecule has 1 atom stereocenters. The summed E-state index contributed by atoms with van der Waals surface area (Å²) in [6, 6.07) is 12.4. The molecule has 0 radical (unpaired) electrons. The molecule has 1 heterocycles. The molecule has 0 aliphatic heterocycles. The molecule has 39 heavy (non-hydrogen) atoms. The summed E-state index contributed by atoms with van der Waals surface area (Å²) in [4.78, 5) is 12.0. The third-order valence-corrected chi connectivity index (χ3v) is 7.87. The van der Waals surface area contributed by atoms with E-state index in [1.807, 2.05) is 24.3 Å². The van der Waals surface area contributed by atoms with E-state index in [1.54, 1.807) is 25.5 Å². The topological polar surface area (TPSA) is 67.1 Å². The molecular weight excluding hydrogens is 499 g/mol. The summed E-state index contributed by atoms with van der Waals surface area (Å²) in [5, 5.41) is 0. The number of hydrogen-bond donors (Lipinski definition) is 0. The first-order valence-corrected chi connectivity index (χ1v) is 13.6. The zero-order valence-electron chi connectivity index (χ0n) is 23.1. The van der Waals surface area contributed by atoms with Crippen molar-refractivity contribution >= 4 is 5.97 Å². The van der Waals surface area contributed by atoms with Crippen LogP contribution in [-0.2, 0) is 16.1 Å². The summed E-state index contributed by atoms with van der Waals surface area (Å²) in [5.41, 5.74) is 2.37. The fourth-order valence-electron chi connectivity index (χ4n) is 5.77. The number of ether oxygens (including phenoxy) is 4. The van der Waals surface area contributed by atoms with Crippen LogP contribution in [0, 0.1) is 23.1 Å². The highest BCUT2D eigenvalue weighted by atomic mass is 19.1. The van der Waals surface area contributed by atoms with Crippen LogP contribution in [0.5, 0.6) is 17.2 Å². The van der Waals surface area contributed by atoms with Gasteiger partial charge in [0.15, 0.2) is 11.5 Å². The Morgan fingerprint density at radius 3 is 2.56 bits per heavy atom. The molecule has 2 aliphatic rings. The number of benzene rings is 2. The van der Waals surface area contributed by atoms with Crippen molar-refractivity contribution in [2.24, 2.45) is 17.3 Å². The van der Waals surface area contributed by atoms with E-state index in [2.05, 4.69) is 13.8 Å². The van der Waals surface area contributed by atoms with Gasteiger partial charge in [0, 0.05) is 0 Å². The Kier molecular flexibility index (Phi) is 7.87. The van der Waals surface area contributed by atoms with Crippen molar-refractivity contribution in [2.45, 2.75) is 58.5 Å². The third kappa shape index (κ3) is 6.40. The molecule has 2 aliphatic carbocycles. The highest BCUT2D eigenvalue weighted by Gasteiger charge is 2.37. The minimum absolute atomic E-state index is 0.114. The first-order chi connectivity index (χ1) is 18.8. The second kappa shape index (κ2) is 11.3. The van der Waals surface area contributed by atoms with Gasteiger partial charge in [-0.2, -0.15) is 0 Å². The summed E-state index contributed by atoms with van der Waals surface area (Å²) in [7, 11) is 2.97. The van der Waals surface area contributed by atoms with Crippen LogP contribution >= 0.6 is 0 Å². The van der Waals surface area contributed by atoms with Crippen molar-refractivity contribution in [3.05, 3.63) is 65.7 Å². The molecule has 5 rings (SSSR count). The number of rotatable bonds is 12. The average molecular weight is 537 g/mol. The van der Waals surface area contributed by atoms with E-state index in [4.69, 9.17) is 23.4 Å².